The van der Waals surface area contributed by atoms with Gasteiger partial charge in [-0.1, -0.05) is 0 Å². The molecular weight excluding hydrogens is 466 g/mol. The van der Waals surface area contributed by atoms with E-state index in [-0.39, 0.29) is 5.92 Å². The van der Waals surface area contributed by atoms with Gasteiger partial charge in [0.1, 0.15) is 17.9 Å². The molecule has 37 heavy (non-hydrogen) atoms. The lowest BCUT2D eigenvalue weighted by atomic mass is 9.95. The number of carbonyl (C=O) groups is 1. The lowest BCUT2D eigenvalue weighted by Crippen LogP contribution is -2.52. The summed E-state index contributed by atoms with van der Waals surface area (Å²) in [6.45, 7) is 4.75. The largest absolute Gasteiger partial charge is 0.497 e. The van der Waals surface area contributed by atoms with Crippen LogP contribution in [0.2, 0.25) is 0 Å². The summed E-state index contributed by atoms with van der Waals surface area (Å²) < 4.78 is 5.26. The van der Waals surface area contributed by atoms with Crippen LogP contribution in [0.5, 0.6) is 5.75 Å². The third-order valence-electron chi connectivity index (χ3n) is 7.93. The summed E-state index contributed by atoms with van der Waals surface area (Å²) in [5.74, 6) is 3.06. The molecule has 4 heterocycles. The van der Waals surface area contributed by atoms with Gasteiger partial charge in [0.15, 0.2) is 5.82 Å². The third kappa shape index (κ3) is 4.95. The van der Waals surface area contributed by atoms with Crippen LogP contribution in [0.1, 0.15) is 30.5 Å². The van der Waals surface area contributed by atoms with Crippen molar-refractivity contribution in [1.29, 1.82) is 0 Å². The van der Waals surface area contributed by atoms with Crippen molar-refractivity contribution in [1.82, 2.24) is 25.1 Å². The SMILES string of the molecule is COc1ccc(-c2cc(N3CCC(C(=O)N4CCN(c5cc6c(nn5)CCC6)CC4)CC3)ncn2)cc1. The van der Waals surface area contributed by atoms with Crippen LogP contribution in [0, 0.1) is 5.92 Å². The van der Waals surface area contributed by atoms with Crippen LogP contribution in [0.3, 0.4) is 0 Å². The topological polar surface area (TPSA) is 87.6 Å². The number of aryl methyl sites for hydroxylation is 2. The fourth-order valence-electron chi connectivity index (χ4n) is 5.68. The lowest BCUT2D eigenvalue weighted by molar-refractivity contribution is -0.136. The number of piperazine rings is 1. The first-order chi connectivity index (χ1) is 18.2. The molecule has 0 bridgehead atoms. The van der Waals surface area contributed by atoms with Crippen molar-refractivity contribution < 1.29 is 9.53 Å². The molecule has 2 aromatic heterocycles. The summed E-state index contributed by atoms with van der Waals surface area (Å²) in [6, 6.07) is 12.1. The number of benzene rings is 1. The van der Waals surface area contributed by atoms with Crippen molar-refractivity contribution in [3.8, 4) is 17.0 Å². The van der Waals surface area contributed by atoms with Gasteiger partial charge in [-0.25, -0.2) is 9.97 Å². The Morgan fingerprint density at radius 1 is 0.865 bits per heavy atom. The molecule has 1 amide bonds. The molecule has 2 saturated heterocycles. The number of ether oxygens (including phenoxy) is 1. The van der Waals surface area contributed by atoms with Gasteiger partial charge in [-0.15, -0.1) is 5.10 Å². The molecule has 1 aliphatic carbocycles. The normalized spacial score (nSPS) is 18.1. The monoisotopic (exact) mass is 499 g/mol. The number of methoxy groups -OCH3 is 1. The summed E-state index contributed by atoms with van der Waals surface area (Å²) >= 11 is 0. The Labute approximate surface area is 217 Å². The average molecular weight is 500 g/mol. The predicted octanol–water partition coefficient (Wildman–Crippen LogP) is 3.00. The summed E-state index contributed by atoms with van der Waals surface area (Å²) in [4.78, 5) is 28.9. The van der Waals surface area contributed by atoms with Crippen LogP contribution < -0.4 is 14.5 Å². The van der Waals surface area contributed by atoms with E-state index in [1.54, 1.807) is 13.4 Å². The van der Waals surface area contributed by atoms with Crippen molar-refractivity contribution in [2.45, 2.75) is 32.1 Å². The van der Waals surface area contributed by atoms with Crippen LogP contribution in [0.4, 0.5) is 11.6 Å². The number of aromatic nitrogens is 4. The number of rotatable bonds is 5. The standard InChI is InChI=1S/C28H33N7O2/c1-37-23-7-5-20(6-8-23)25-18-26(30-19-29-25)33-11-9-21(10-12-33)28(36)35-15-13-34(14-16-35)27-17-22-3-2-4-24(22)31-32-27/h5-8,17-19,21H,2-4,9-16H2,1H3. The smallest absolute Gasteiger partial charge is 0.225 e. The molecule has 0 unspecified atom stereocenters. The number of anilines is 2. The van der Waals surface area contributed by atoms with Gasteiger partial charge in [0.2, 0.25) is 5.91 Å². The van der Waals surface area contributed by atoms with E-state index in [1.165, 1.54) is 12.0 Å². The Hall–Kier alpha value is -3.75. The maximum absolute atomic E-state index is 13.3. The number of hydrogen-bond donors (Lipinski definition) is 0. The van der Waals surface area contributed by atoms with Gasteiger partial charge in [-0.05, 0) is 68.0 Å². The molecule has 0 saturated carbocycles. The van der Waals surface area contributed by atoms with Crippen molar-refractivity contribution in [3.63, 3.8) is 0 Å². The van der Waals surface area contributed by atoms with Crippen LogP contribution in [0.15, 0.2) is 42.7 Å². The molecule has 3 aromatic rings. The molecule has 9 nitrogen and oxygen atoms in total. The highest BCUT2D eigenvalue weighted by atomic mass is 16.5. The third-order valence-corrected chi connectivity index (χ3v) is 7.93. The van der Waals surface area contributed by atoms with Crippen molar-refractivity contribution >= 4 is 17.5 Å². The molecule has 1 aromatic carbocycles. The van der Waals surface area contributed by atoms with Crippen LogP contribution >= 0.6 is 0 Å². The fraction of sp³-hybridized carbons (Fsp3) is 0.464. The molecule has 2 aliphatic heterocycles. The molecule has 3 aliphatic rings. The molecule has 192 valence electrons. The summed E-state index contributed by atoms with van der Waals surface area (Å²) in [5.41, 5.74) is 4.41. The Bertz CT molecular complexity index is 1250. The zero-order chi connectivity index (χ0) is 25.2. The summed E-state index contributed by atoms with van der Waals surface area (Å²) in [5, 5.41) is 8.89. The summed E-state index contributed by atoms with van der Waals surface area (Å²) in [6.07, 6.45) is 6.64. The zero-order valence-corrected chi connectivity index (χ0v) is 21.3. The van der Waals surface area contributed by atoms with Crippen molar-refractivity contribution in [2.24, 2.45) is 5.92 Å². The second-order valence-corrected chi connectivity index (χ2v) is 10.1. The second kappa shape index (κ2) is 10.3. The molecular formula is C28H33N7O2. The minimum Gasteiger partial charge on any atom is -0.497 e. The number of hydrogen-bond acceptors (Lipinski definition) is 8. The van der Waals surface area contributed by atoms with Crippen molar-refractivity contribution in [3.05, 3.63) is 54.0 Å². The Balaban J connectivity index is 1.02. The van der Waals surface area contributed by atoms with Gasteiger partial charge in [0.05, 0.1) is 18.5 Å². The molecule has 0 N–H and O–H groups in total. The summed E-state index contributed by atoms with van der Waals surface area (Å²) in [7, 11) is 1.66. The van der Waals surface area contributed by atoms with Gasteiger partial charge in [-0.3, -0.25) is 4.79 Å². The highest BCUT2D eigenvalue weighted by Gasteiger charge is 2.31. The number of fused-ring (bicyclic) bond motifs is 1. The van der Waals surface area contributed by atoms with Gasteiger partial charge in [0.25, 0.3) is 0 Å². The van der Waals surface area contributed by atoms with Gasteiger partial charge in [0, 0.05) is 56.8 Å². The van der Waals surface area contributed by atoms with Gasteiger partial charge >= 0.3 is 0 Å². The highest BCUT2D eigenvalue weighted by Crippen LogP contribution is 2.28. The van der Waals surface area contributed by atoms with Gasteiger partial charge < -0.3 is 19.4 Å². The second-order valence-electron chi connectivity index (χ2n) is 10.1. The Morgan fingerprint density at radius 3 is 2.38 bits per heavy atom. The molecule has 0 spiro atoms. The van der Waals surface area contributed by atoms with Gasteiger partial charge in [-0.2, -0.15) is 5.10 Å². The first-order valence-electron chi connectivity index (χ1n) is 13.3. The van der Waals surface area contributed by atoms with Crippen LogP contribution in [-0.4, -0.2) is 77.4 Å². The van der Waals surface area contributed by atoms with E-state index in [1.807, 2.05) is 35.2 Å². The Kier molecular flexibility index (Phi) is 6.59. The minimum absolute atomic E-state index is 0.0745. The zero-order valence-electron chi connectivity index (χ0n) is 21.3. The quantitative estimate of drug-likeness (QED) is 0.530. The first-order valence-corrected chi connectivity index (χ1v) is 13.3. The van der Waals surface area contributed by atoms with Crippen molar-refractivity contribution in [2.75, 3.05) is 56.2 Å². The van der Waals surface area contributed by atoms with E-state index >= 15 is 0 Å². The van der Waals surface area contributed by atoms with Crippen LogP contribution in [-0.2, 0) is 17.6 Å². The minimum atomic E-state index is 0.0745. The maximum Gasteiger partial charge on any atom is 0.225 e. The maximum atomic E-state index is 13.3. The van der Waals surface area contributed by atoms with E-state index in [9.17, 15) is 4.79 Å². The molecule has 0 atom stereocenters. The number of piperidine rings is 1. The fourth-order valence-corrected chi connectivity index (χ4v) is 5.68. The first kappa shape index (κ1) is 23.6. The van der Waals surface area contributed by atoms with E-state index in [0.29, 0.717) is 5.91 Å². The Morgan fingerprint density at radius 2 is 1.62 bits per heavy atom. The molecule has 6 rings (SSSR count). The van der Waals surface area contributed by atoms with E-state index in [4.69, 9.17) is 4.74 Å². The molecule has 2 fully saturated rings. The molecule has 9 heteroatoms. The molecule has 0 radical (unpaired) electrons. The number of nitrogens with zero attached hydrogens (tertiary/aromatic N) is 7. The van der Waals surface area contributed by atoms with E-state index in [0.717, 1.165) is 99.3 Å². The van der Waals surface area contributed by atoms with Crippen LogP contribution in [0.25, 0.3) is 11.3 Å². The lowest BCUT2D eigenvalue weighted by Gasteiger charge is -2.39. The predicted molar refractivity (Wildman–Crippen MR) is 142 cm³/mol. The van der Waals surface area contributed by atoms with E-state index in [2.05, 4.69) is 36.0 Å². The average Bonchev–Trinajstić information content (AvgIpc) is 3.45. The number of amides is 1. The number of carbonyl (C=O) groups excluding carboxylic acids is 1. The highest BCUT2D eigenvalue weighted by molar-refractivity contribution is 5.79. The van der Waals surface area contributed by atoms with E-state index < -0.39 is 0 Å².